The van der Waals surface area contributed by atoms with E-state index in [1.54, 1.807) is 0 Å². The van der Waals surface area contributed by atoms with E-state index in [1.165, 1.54) is 6.42 Å². The maximum absolute atomic E-state index is 11.8. The summed E-state index contributed by atoms with van der Waals surface area (Å²) in [5, 5.41) is 9.68. The second-order valence-electron chi connectivity index (χ2n) is 5.61. The van der Waals surface area contributed by atoms with Crippen LogP contribution >= 0.6 is 0 Å². The largest absolute Gasteiger partial charge is 0.480 e. The van der Waals surface area contributed by atoms with Gasteiger partial charge in [-0.1, -0.05) is 40.5 Å². The molecule has 0 radical (unpaired) electrons. The molecule has 1 aliphatic rings. The number of carbonyl (C=O) groups is 1. The van der Waals surface area contributed by atoms with E-state index in [4.69, 9.17) is 0 Å². The van der Waals surface area contributed by atoms with Crippen molar-refractivity contribution < 1.29 is 9.90 Å². The topological polar surface area (TPSA) is 40.5 Å². The predicted molar refractivity (Wildman–Crippen MR) is 70.1 cm³/mol. The number of carboxylic acid groups (broad SMARTS) is 1. The fourth-order valence-electron chi connectivity index (χ4n) is 3.31. The lowest BCUT2D eigenvalue weighted by molar-refractivity contribution is -0.156. The predicted octanol–water partition coefficient (Wildman–Crippen LogP) is 3.00. The molecule has 2 atom stereocenters. The van der Waals surface area contributed by atoms with Crippen LogP contribution in [0.5, 0.6) is 0 Å². The standard InChI is InChI=1S/C14H27NO2/c1-5-15(6-2)14(13(16)17)9-7-8-12(10-14)11(3)4/h11-12H,5-10H2,1-4H3,(H,16,17). The normalized spacial score (nSPS) is 29.9. The zero-order chi connectivity index (χ0) is 13.1. The third-order valence-corrected chi connectivity index (χ3v) is 4.47. The zero-order valence-corrected chi connectivity index (χ0v) is 11.7. The summed E-state index contributed by atoms with van der Waals surface area (Å²) in [6, 6.07) is 0. The van der Waals surface area contributed by atoms with Crippen LogP contribution in [0.4, 0.5) is 0 Å². The van der Waals surface area contributed by atoms with Crippen molar-refractivity contribution in [2.45, 2.75) is 58.9 Å². The van der Waals surface area contributed by atoms with Crippen LogP contribution in [0, 0.1) is 11.8 Å². The molecule has 3 nitrogen and oxygen atoms in total. The Labute approximate surface area is 105 Å². The smallest absolute Gasteiger partial charge is 0.324 e. The summed E-state index contributed by atoms with van der Waals surface area (Å²) in [4.78, 5) is 13.9. The highest BCUT2D eigenvalue weighted by Gasteiger charge is 2.46. The minimum Gasteiger partial charge on any atom is -0.480 e. The number of carboxylic acids is 1. The Morgan fingerprint density at radius 1 is 1.41 bits per heavy atom. The van der Waals surface area contributed by atoms with Crippen molar-refractivity contribution in [3.63, 3.8) is 0 Å². The second-order valence-corrected chi connectivity index (χ2v) is 5.61. The van der Waals surface area contributed by atoms with E-state index in [0.717, 1.165) is 32.4 Å². The van der Waals surface area contributed by atoms with Crippen LogP contribution in [0.1, 0.15) is 53.4 Å². The zero-order valence-electron chi connectivity index (χ0n) is 11.7. The first-order valence-electron chi connectivity index (χ1n) is 6.96. The van der Waals surface area contributed by atoms with Crippen molar-refractivity contribution in [1.82, 2.24) is 4.90 Å². The lowest BCUT2D eigenvalue weighted by atomic mass is 9.71. The molecule has 1 fully saturated rings. The van der Waals surface area contributed by atoms with Gasteiger partial charge in [-0.05, 0) is 37.8 Å². The van der Waals surface area contributed by atoms with E-state index < -0.39 is 11.5 Å². The highest BCUT2D eigenvalue weighted by atomic mass is 16.4. The van der Waals surface area contributed by atoms with Gasteiger partial charge in [-0.3, -0.25) is 9.69 Å². The van der Waals surface area contributed by atoms with Gasteiger partial charge in [-0.25, -0.2) is 0 Å². The van der Waals surface area contributed by atoms with Crippen molar-refractivity contribution in [1.29, 1.82) is 0 Å². The first-order valence-corrected chi connectivity index (χ1v) is 6.96. The number of rotatable bonds is 5. The Bertz CT molecular complexity index is 261. The molecule has 0 heterocycles. The molecule has 0 spiro atoms. The van der Waals surface area contributed by atoms with Crippen LogP contribution in [0.25, 0.3) is 0 Å². The third-order valence-electron chi connectivity index (χ3n) is 4.47. The minimum absolute atomic E-state index is 0.556. The molecule has 0 aromatic carbocycles. The summed E-state index contributed by atoms with van der Waals surface area (Å²) in [6.07, 6.45) is 3.87. The van der Waals surface area contributed by atoms with Gasteiger partial charge in [0.1, 0.15) is 5.54 Å². The Morgan fingerprint density at radius 2 is 2.00 bits per heavy atom. The third kappa shape index (κ3) is 2.82. The Hall–Kier alpha value is -0.570. The molecule has 0 aromatic heterocycles. The van der Waals surface area contributed by atoms with Crippen molar-refractivity contribution in [3.05, 3.63) is 0 Å². The highest BCUT2D eigenvalue weighted by Crippen LogP contribution is 2.40. The molecule has 0 amide bonds. The van der Waals surface area contributed by atoms with Crippen LogP contribution in [-0.4, -0.2) is 34.6 Å². The second kappa shape index (κ2) is 5.85. The van der Waals surface area contributed by atoms with E-state index in [-0.39, 0.29) is 0 Å². The number of aliphatic carboxylic acids is 1. The lowest BCUT2D eigenvalue weighted by Gasteiger charge is -2.46. The molecule has 1 aliphatic carbocycles. The molecule has 0 aliphatic heterocycles. The quantitative estimate of drug-likeness (QED) is 0.804. The van der Waals surface area contributed by atoms with Gasteiger partial charge in [-0.15, -0.1) is 0 Å². The fourth-order valence-corrected chi connectivity index (χ4v) is 3.31. The molecule has 0 saturated heterocycles. The molecule has 1 saturated carbocycles. The summed E-state index contributed by atoms with van der Waals surface area (Å²) in [7, 11) is 0. The minimum atomic E-state index is -0.619. The number of hydrogen-bond donors (Lipinski definition) is 1. The number of nitrogens with zero attached hydrogens (tertiary/aromatic N) is 1. The molecule has 3 heteroatoms. The van der Waals surface area contributed by atoms with Gasteiger partial charge >= 0.3 is 5.97 Å². The summed E-state index contributed by atoms with van der Waals surface area (Å²) < 4.78 is 0. The maximum Gasteiger partial charge on any atom is 0.324 e. The molecule has 0 bridgehead atoms. The summed E-state index contributed by atoms with van der Waals surface area (Å²) in [5.74, 6) is 0.525. The average molecular weight is 241 g/mol. The van der Waals surface area contributed by atoms with Crippen LogP contribution in [-0.2, 0) is 4.79 Å². The van der Waals surface area contributed by atoms with E-state index in [0.29, 0.717) is 11.8 Å². The van der Waals surface area contributed by atoms with Gasteiger partial charge in [-0.2, -0.15) is 0 Å². The average Bonchev–Trinajstić information content (AvgIpc) is 2.30. The highest BCUT2D eigenvalue weighted by molar-refractivity contribution is 5.79. The van der Waals surface area contributed by atoms with Crippen LogP contribution in [0.3, 0.4) is 0 Å². The van der Waals surface area contributed by atoms with Gasteiger partial charge in [0.05, 0.1) is 0 Å². The number of likely N-dealkylation sites (N-methyl/N-ethyl adjacent to an activating group) is 1. The van der Waals surface area contributed by atoms with Crippen LogP contribution in [0.15, 0.2) is 0 Å². The van der Waals surface area contributed by atoms with E-state index in [9.17, 15) is 9.90 Å². The molecular weight excluding hydrogens is 214 g/mol. The molecule has 17 heavy (non-hydrogen) atoms. The van der Waals surface area contributed by atoms with Gasteiger partial charge in [0.25, 0.3) is 0 Å². The fraction of sp³-hybridized carbons (Fsp3) is 0.929. The molecule has 100 valence electrons. The first kappa shape index (κ1) is 14.5. The molecular formula is C14H27NO2. The monoisotopic (exact) mass is 241 g/mol. The van der Waals surface area contributed by atoms with Crippen molar-refractivity contribution in [3.8, 4) is 0 Å². The summed E-state index contributed by atoms with van der Waals surface area (Å²) in [5.41, 5.74) is -0.601. The Morgan fingerprint density at radius 3 is 2.41 bits per heavy atom. The van der Waals surface area contributed by atoms with Gasteiger partial charge in [0, 0.05) is 0 Å². The SMILES string of the molecule is CCN(CC)C1(C(=O)O)CCCC(C(C)C)C1. The molecule has 1 rings (SSSR count). The molecule has 1 N–H and O–H groups in total. The summed E-state index contributed by atoms with van der Waals surface area (Å²) >= 11 is 0. The lowest BCUT2D eigenvalue weighted by Crippen LogP contribution is -2.57. The Kier molecular flexibility index (Phi) is 4.99. The number of hydrogen-bond acceptors (Lipinski definition) is 2. The van der Waals surface area contributed by atoms with Gasteiger partial charge < -0.3 is 5.11 Å². The van der Waals surface area contributed by atoms with Gasteiger partial charge in [0.15, 0.2) is 0 Å². The Balaban J connectivity index is 2.94. The van der Waals surface area contributed by atoms with Crippen molar-refractivity contribution >= 4 is 5.97 Å². The molecule has 2 unspecified atom stereocenters. The maximum atomic E-state index is 11.8. The van der Waals surface area contributed by atoms with Crippen molar-refractivity contribution in [2.24, 2.45) is 11.8 Å². The van der Waals surface area contributed by atoms with E-state index in [2.05, 4.69) is 32.6 Å². The molecule has 0 aromatic rings. The van der Waals surface area contributed by atoms with Crippen molar-refractivity contribution in [2.75, 3.05) is 13.1 Å². The van der Waals surface area contributed by atoms with Crippen LogP contribution in [0.2, 0.25) is 0 Å². The first-order chi connectivity index (χ1) is 7.97. The van der Waals surface area contributed by atoms with E-state index in [1.807, 2.05) is 0 Å². The van der Waals surface area contributed by atoms with Crippen LogP contribution < -0.4 is 0 Å². The van der Waals surface area contributed by atoms with E-state index >= 15 is 0 Å². The van der Waals surface area contributed by atoms with Gasteiger partial charge in [0.2, 0.25) is 0 Å². The summed E-state index contributed by atoms with van der Waals surface area (Å²) in [6.45, 7) is 10.2.